The van der Waals surface area contributed by atoms with Crippen molar-refractivity contribution in [3.8, 4) is 11.1 Å². The molecule has 4 nitrogen and oxygen atoms in total. The Hall–Kier alpha value is -4.20. The van der Waals surface area contributed by atoms with Crippen LogP contribution in [-0.4, -0.2) is 5.91 Å². The van der Waals surface area contributed by atoms with Gasteiger partial charge in [0.05, 0.1) is 23.2 Å². The fourth-order valence-electron chi connectivity index (χ4n) is 4.50. The molecule has 36 heavy (non-hydrogen) atoms. The molecular weight excluding hydrogens is 474 g/mol. The molecule has 1 amide bonds. The molecule has 0 bridgehead atoms. The zero-order valence-corrected chi connectivity index (χ0v) is 19.0. The lowest BCUT2D eigenvalue weighted by Crippen LogP contribution is -2.22. The van der Waals surface area contributed by atoms with Gasteiger partial charge in [0.2, 0.25) is 5.91 Å². The van der Waals surface area contributed by atoms with Gasteiger partial charge in [-0.3, -0.25) is 4.79 Å². The second kappa shape index (κ2) is 8.78. The van der Waals surface area contributed by atoms with Crippen LogP contribution in [-0.2, 0) is 23.8 Å². The van der Waals surface area contributed by atoms with Gasteiger partial charge in [-0.15, -0.1) is 0 Å². The number of hydrogen-bond donors (Lipinski definition) is 1. The Kier molecular flexibility index (Phi) is 5.74. The monoisotopic (exact) mass is 493 g/mol. The molecule has 8 heteroatoms. The van der Waals surface area contributed by atoms with E-state index in [0.717, 1.165) is 28.8 Å². The van der Waals surface area contributed by atoms with Crippen molar-refractivity contribution in [2.24, 2.45) is 0 Å². The van der Waals surface area contributed by atoms with Crippen LogP contribution < -0.4 is 10.9 Å². The maximum absolute atomic E-state index is 13.5. The Balaban J connectivity index is 1.62. The maximum atomic E-state index is 13.5. The summed E-state index contributed by atoms with van der Waals surface area (Å²) in [4.78, 5) is 26.0. The lowest BCUT2D eigenvalue weighted by molar-refractivity contribution is -0.137. The quantitative estimate of drug-likeness (QED) is 0.255. The van der Waals surface area contributed by atoms with Crippen LogP contribution in [0, 0.1) is 12.7 Å². The minimum absolute atomic E-state index is 0.0205. The summed E-state index contributed by atoms with van der Waals surface area (Å²) in [5, 5.41) is 2.81. The van der Waals surface area contributed by atoms with E-state index < -0.39 is 41.2 Å². The Labute approximate surface area is 202 Å². The number of anilines is 1. The van der Waals surface area contributed by atoms with Crippen LogP contribution in [0.4, 0.5) is 23.2 Å². The van der Waals surface area contributed by atoms with Crippen molar-refractivity contribution in [3.05, 3.63) is 105 Å². The van der Waals surface area contributed by atoms with E-state index >= 15 is 0 Å². The van der Waals surface area contributed by atoms with Crippen molar-refractivity contribution in [1.29, 1.82) is 0 Å². The normalized spacial score (nSPS) is 12.7. The number of halogens is 4. The topological polar surface area (TPSA) is 59.3 Å². The van der Waals surface area contributed by atoms with Gasteiger partial charge in [-0.25, -0.2) is 9.18 Å². The van der Waals surface area contributed by atoms with Gasteiger partial charge in [0.15, 0.2) is 0 Å². The molecule has 0 atom stereocenters. The second-order valence-electron chi connectivity index (χ2n) is 8.68. The summed E-state index contributed by atoms with van der Waals surface area (Å²) >= 11 is 0. The Morgan fingerprint density at radius 2 is 1.89 bits per heavy atom. The average molecular weight is 493 g/mol. The fourth-order valence-corrected chi connectivity index (χ4v) is 4.50. The largest absolute Gasteiger partial charge is 0.422 e. The predicted octanol–water partition coefficient (Wildman–Crippen LogP) is 6.68. The highest BCUT2D eigenvalue weighted by molar-refractivity contribution is 6.00. The van der Waals surface area contributed by atoms with Crippen molar-refractivity contribution in [2.45, 2.75) is 25.9 Å². The molecule has 1 N–H and O–H groups in total. The average Bonchev–Trinajstić information content (AvgIpc) is 3.26. The Morgan fingerprint density at radius 1 is 1.08 bits per heavy atom. The van der Waals surface area contributed by atoms with E-state index in [1.807, 2.05) is 43.3 Å². The third-order valence-corrected chi connectivity index (χ3v) is 6.10. The fraction of sp³-hybridized carbons (Fsp3) is 0.143. The smallest absolute Gasteiger partial charge is 0.418 e. The SMILES string of the molecule is Cc1cccc(-c2c(CC(=O)Nc3ccc(F)cc3C(F)(F)F)c(=O)oc3cc4c(cc23)CC=C4)c1. The number of amides is 1. The molecule has 3 aromatic carbocycles. The molecule has 182 valence electrons. The molecule has 1 aliphatic carbocycles. The van der Waals surface area contributed by atoms with Crippen molar-refractivity contribution in [3.63, 3.8) is 0 Å². The lowest BCUT2D eigenvalue weighted by Gasteiger charge is -2.16. The van der Waals surface area contributed by atoms with Gasteiger partial charge in [0, 0.05) is 10.9 Å². The van der Waals surface area contributed by atoms with Gasteiger partial charge in [0.1, 0.15) is 11.4 Å². The number of carbonyl (C=O) groups excluding carboxylic acids is 1. The van der Waals surface area contributed by atoms with Gasteiger partial charge >= 0.3 is 11.8 Å². The van der Waals surface area contributed by atoms with Crippen molar-refractivity contribution < 1.29 is 26.8 Å². The minimum atomic E-state index is -4.88. The van der Waals surface area contributed by atoms with E-state index in [0.29, 0.717) is 34.6 Å². The summed E-state index contributed by atoms with van der Waals surface area (Å²) in [7, 11) is 0. The van der Waals surface area contributed by atoms with Crippen LogP contribution in [0.3, 0.4) is 0 Å². The van der Waals surface area contributed by atoms with Gasteiger partial charge in [-0.05, 0) is 60.4 Å². The molecule has 5 rings (SSSR count). The number of rotatable bonds is 4. The number of benzene rings is 3. The van der Waals surface area contributed by atoms with Crippen LogP contribution in [0.25, 0.3) is 28.2 Å². The van der Waals surface area contributed by atoms with Crippen LogP contribution in [0.15, 0.2) is 69.9 Å². The number of alkyl halides is 3. The first-order chi connectivity index (χ1) is 17.1. The van der Waals surface area contributed by atoms with E-state index in [1.54, 1.807) is 12.1 Å². The second-order valence-corrected chi connectivity index (χ2v) is 8.68. The van der Waals surface area contributed by atoms with E-state index in [-0.39, 0.29) is 5.56 Å². The molecule has 0 unspecified atom stereocenters. The summed E-state index contributed by atoms with van der Waals surface area (Å²) < 4.78 is 59.2. The Bertz CT molecular complexity index is 1620. The van der Waals surface area contributed by atoms with Crippen molar-refractivity contribution >= 4 is 28.6 Å². The number of nitrogens with one attached hydrogen (secondary N) is 1. The van der Waals surface area contributed by atoms with E-state index in [9.17, 15) is 27.2 Å². The highest BCUT2D eigenvalue weighted by atomic mass is 19.4. The van der Waals surface area contributed by atoms with Crippen molar-refractivity contribution in [2.75, 3.05) is 5.32 Å². The molecule has 0 radical (unpaired) electrons. The summed E-state index contributed by atoms with van der Waals surface area (Å²) in [6.07, 6.45) is -0.787. The van der Waals surface area contributed by atoms with Gasteiger partial charge in [-0.1, -0.05) is 42.0 Å². The van der Waals surface area contributed by atoms with Crippen LogP contribution in [0.2, 0.25) is 0 Å². The molecule has 0 spiro atoms. The number of hydrogen-bond acceptors (Lipinski definition) is 3. The van der Waals surface area contributed by atoms with Crippen LogP contribution >= 0.6 is 0 Å². The summed E-state index contributed by atoms with van der Waals surface area (Å²) in [5.41, 5.74) is 1.76. The molecule has 4 aromatic rings. The third-order valence-electron chi connectivity index (χ3n) is 6.10. The lowest BCUT2D eigenvalue weighted by atomic mass is 9.92. The highest BCUT2D eigenvalue weighted by Gasteiger charge is 2.34. The van der Waals surface area contributed by atoms with Crippen LogP contribution in [0.5, 0.6) is 0 Å². The molecular formula is C28H19F4NO3. The highest BCUT2D eigenvalue weighted by Crippen LogP contribution is 2.37. The van der Waals surface area contributed by atoms with Gasteiger partial charge < -0.3 is 9.73 Å². The summed E-state index contributed by atoms with van der Waals surface area (Å²) in [6, 6.07) is 13.0. The third kappa shape index (κ3) is 4.42. The number of allylic oxidation sites excluding steroid dienone is 1. The molecule has 1 heterocycles. The number of carbonyl (C=O) groups is 1. The summed E-state index contributed by atoms with van der Waals surface area (Å²) in [5.74, 6) is -1.95. The van der Waals surface area contributed by atoms with Crippen LogP contribution in [0.1, 0.15) is 27.8 Å². The predicted molar refractivity (Wildman–Crippen MR) is 129 cm³/mol. The first kappa shape index (κ1) is 23.5. The van der Waals surface area contributed by atoms with E-state index in [2.05, 4.69) is 5.32 Å². The summed E-state index contributed by atoms with van der Waals surface area (Å²) in [6.45, 7) is 1.89. The molecule has 0 aliphatic heterocycles. The zero-order valence-electron chi connectivity index (χ0n) is 19.0. The van der Waals surface area contributed by atoms with Crippen molar-refractivity contribution in [1.82, 2.24) is 0 Å². The molecule has 0 saturated heterocycles. The first-order valence-electron chi connectivity index (χ1n) is 11.1. The molecule has 1 aliphatic rings. The first-order valence-corrected chi connectivity index (χ1v) is 11.1. The van der Waals surface area contributed by atoms with E-state index in [4.69, 9.17) is 4.42 Å². The number of aryl methyl sites for hydroxylation is 1. The maximum Gasteiger partial charge on any atom is 0.418 e. The molecule has 0 saturated carbocycles. The van der Waals surface area contributed by atoms with E-state index in [1.165, 1.54) is 0 Å². The standard InChI is InChI=1S/C28H19F4NO3/c1-15-4-2-7-18(10-15)26-20-11-16-5-3-6-17(16)12-24(20)36-27(35)21(26)14-25(34)33-23-9-8-19(29)13-22(23)28(30,31)32/h2-4,6-13H,5,14H2,1H3,(H,33,34). The minimum Gasteiger partial charge on any atom is -0.422 e. The Morgan fingerprint density at radius 3 is 2.64 bits per heavy atom. The molecule has 1 aromatic heterocycles. The number of fused-ring (bicyclic) bond motifs is 2. The van der Waals surface area contributed by atoms with Gasteiger partial charge in [0.25, 0.3) is 0 Å². The zero-order chi connectivity index (χ0) is 25.6. The molecule has 0 fully saturated rings. The van der Waals surface area contributed by atoms with Gasteiger partial charge in [-0.2, -0.15) is 13.2 Å².